The topological polar surface area (TPSA) is 61.2 Å². The van der Waals surface area contributed by atoms with Gasteiger partial charge < -0.3 is 4.74 Å². The Balaban J connectivity index is 2.14. The van der Waals surface area contributed by atoms with Gasteiger partial charge in [0.05, 0.1) is 6.61 Å². The summed E-state index contributed by atoms with van der Waals surface area (Å²) in [7, 11) is 1.76. The zero-order valence-electron chi connectivity index (χ0n) is 11.5. The van der Waals surface area contributed by atoms with Crippen LogP contribution in [0.1, 0.15) is 34.3 Å². The van der Waals surface area contributed by atoms with Gasteiger partial charge in [0.1, 0.15) is 12.1 Å². The number of ether oxygens (including phenoxy) is 1. The zero-order valence-corrected chi connectivity index (χ0v) is 12.3. The molecule has 6 heteroatoms. The van der Waals surface area contributed by atoms with Crippen LogP contribution in [-0.4, -0.2) is 28.1 Å². The number of nitrogens with zero attached hydrogens (tertiary/aromatic N) is 2. The first kappa shape index (κ1) is 14.5. The number of rotatable bonds is 6. The van der Waals surface area contributed by atoms with Crippen LogP contribution in [0, 0.1) is 0 Å². The lowest BCUT2D eigenvalue weighted by Crippen LogP contribution is -2.13. The molecule has 106 valence electrons. The van der Waals surface area contributed by atoms with Crippen molar-refractivity contribution in [3.8, 4) is 0 Å². The summed E-state index contributed by atoms with van der Waals surface area (Å²) >= 11 is 1.63. The number of esters is 1. The molecular weight excluding hydrogens is 276 g/mol. The van der Waals surface area contributed by atoms with Crippen LogP contribution in [0.2, 0.25) is 0 Å². The number of ketones is 1. The number of thiophene rings is 1. The molecule has 0 aliphatic rings. The van der Waals surface area contributed by atoms with Crippen molar-refractivity contribution in [2.24, 2.45) is 7.05 Å². The summed E-state index contributed by atoms with van der Waals surface area (Å²) in [5.74, 6) is -0.805. The van der Waals surface area contributed by atoms with Crippen molar-refractivity contribution in [2.45, 2.75) is 19.8 Å². The molecule has 20 heavy (non-hydrogen) atoms. The van der Waals surface area contributed by atoms with E-state index in [1.54, 1.807) is 30.0 Å². The number of hydrogen-bond donors (Lipinski definition) is 0. The van der Waals surface area contributed by atoms with Gasteiger partial charge >= 0.3 is 5.97 Å². The van der Waals surface area contributed by atoms with Crippen LogP contribution in [0.3, 0.4) is 0 Å². The molecule has 0 unspecified atom stereocenters. The maximum atomic E-state index is 12.1. The molecule has 0 aliphatic carbocycles. The SMILES string of the molecule is CCOC(=O)CC(=O)c1nn(C)cc1Cc1cccs1. The third kappa shape index (κ3) is 3.54. The van der Waals surface area contributed by atoms with Gasteiger partial charge in [-0.15, -0.1) is 11.3 Å². The van der Waals surface area contributed by atoms with E-state index in [0.717, 1.165) is 10.4 Å². The van der Waals surface area contributed by atoms with Crippen molar-refractivity contribution in [2.75, 3.05) is 6.61 Å². The second kappa shape index (κ2) is 6.47. The van der Waals surface area contributed by atoms with E-state index in [4.69, 9.17) is 4.74 Å². The average Bonchev–Trinajstić information content (AvgIpc) is 3.00. The molecule has 0 fully saturated rings. The molecular formula is C14H16N2O3S. The normalized spacial score (nSPS) is 10.5. The van der Waals surface area contributed by atoms with Gasteiger partial charge in [0.2, 0.25) is 0 Å². The van der Waals surface area contributed by atoms with Crippen LogP contribution in [0.25, 0.3) is 0 Å². The Labute approximate surface area is 121 Å². The Kier molecular flexibility index (Phi) is 4.68. The standard InChI is InChI=1S/C14H16N2O3S/c1-3-19-13(18)8-12(17)14-10(9-16(2)15-14)7-11-5-4-6-20-11/h4-6,9H,3,7-8H2,1-2H3. The fourth-order valence-electron chi connectivity index (χ4n) is 1.93. The summed E-state index contributed by atoms with van der Waals surface area (Å²) in [6.07, 6.45) is 2.20. The van der Waals surface area contributed by atoms with Gasteiger partial charge in [0, 0.05) is 30.1 Å². The minimum atomic E-state index is -0.509. The van der Waals surface area contributed by atoms with E-state index in [2.05, 4.69) is 5.10 Å². The predicted octanol–water partition coefficient (Wildman–Crippen LogP) is 2.21. The first-order chi connectivity index (χ1) is 9.60. The van der Waals surface area contributed by atoms with E-state index in [1.807, 2.05) is 23.7 Å². The molecule has 0 radical (unpaired) electrons. The highest BCUT2D eigenvalue weighted by molar-refractivity contribution is 7.09. The van der Waals surface area contributed by atoms with Gasteiger partial charge in [0.25, 0.3) is 0 Å². The number of aryl methyl sites for hydroxylation is 1. The highest BCUT2D eigenvalue weighted by Gasteiger charge is 2.20. The second-order valence-electron chi connectivity index (χ2n) is 4.34. The van der Waals surface area contributed by atoms with Crippen molar-refractivity contribution < 1.29 is 14.3 Å². The Morgan fingerprint density at radius 2 is 2.25 bits per heavy atom. The van der Waals surface area contributed by atoms with Crippen LogP contribution in [0.15, 0.2) is 23.7 Å². The quantitative estimate of drug-likeness (QED) is 0.465. The number of Topliss-reactive ketones (excluding diaryl/α,β-unsaturated/α-hetero) is 1. The van der Waals surface area contributed by atoms with E-state index >= 15 is 0 Å². The number of carbonyl (C=O) groups is 2. The summed E-state index contributed by atoms with van der Waals surface area (Å²) in [4.78, 5) is 24.7. The smallest absolute Gasteiger partial charge is 0.313 e. The molecule has 5 nitrogen and oxygen atoms in total. The molecule has 0 amide bonds. The van der Waals surface area contributed by atoms with Crippen LogP contribution in [-0.2, 0) is 23.0 Å². The van der Waals surface area contributed by atoms with Crippen LogP contribution in [0.4, 0.5) is 0 Å². The van der Waals surface area contributed by atoms with Crippen molar-refractivity contribution in [3.05, 3.63) is 39.8 Å². The molecule has 2 aromatic heterocycles. The molecule has 2 rings (SSSR count). The molecule has 0 aliphatic heterocycles. The Hall–Kier alpha value is -1.95. The van der Waals surface area contributed by atoms with Gasteiger partial charge in [-0.3, -0.25) is 14.3 Å². The lowest BCUT2D eigenvalue weighted by molar-refractivity contribution is -0.141. The fraction of sp³-hybridized carbons (Fsp3) is 0.357. The molecule has 0 saturated heterocycles. The maximum absolute atomic E-state index is 12.1. The van der Waals surface area contributed by atoms with Crippen LogP contribution >= 0.6 is 11.3 Å². The van der Waals surface area contributed by atoms with Crippen molar-refractivity contribution in [3.63, 3.8) is 0 Å². The maximum Gasteiger partial charge on any atom is 0.313 e. The number of carbonyl (C=O) groups excluding carboxylic acids is 2. The minimum Gasteiger partial charge on any atom is -0.466 e. The van der Waals surface area contributed by atoms with Gasteiger partial charge in [-0.2, -0.15) is 5.10 Å². The molecule has 0 saturated carbocycles. The zero-order chi connectivity index (χ0) is 14.5. The Morgan fingerprint density at radius 3 is 2.90 bits per heavy atom. The molecule has 0 atom stereocenters. The third-order valence-electron chi connectivity index (χ3n) is 2.72. The first-order valence-electron chi connectivity index (χ1n) is 6.34. The number of aromatic nitrogens is 2. The van der Waals surface area contributed by atoms with Gasteiger partial charge in [-0.05, 0) is 18.4 Å². The predicted molar refractivity (Wildman–Crippen MR) is 75.9 cm³/mol. The Morgan fingerprint density at radius 1 is 1.45 bits per heavy atom. The van der Waals surface area contributed by atoms with Gasteiger partial charge in [-0.1, -0.05) is 6.07 Å². The lowest BCUT2D eigenvalue weighted by atomic mass is 10.1. The summed E-state index contributed by atoms with van der Waals surface area (Å²) in [5.41, 5.74) is 1.19. The van der Waals surface area contributed by atoms with Crippen molar-refractivity contribution >= 4 is 23.1 Å². The van der Waals surface area contributed by atoms with E-state index in [1.165, 1.54) is 0 Å². The number of hydrogen-bond acceptors (Lipinski definition) is 5. The monoisotopic (exact) mass is 292 g/mol. The largest absolute Gasteiger partial charge is 0.466 e. The summed E-state index contributed by atoms with van der Waals surface area (Å²) in [5, 5.41) is 6.16. The van der Waals surface area contributed by atoms with Crippen LogP contribution in [0.5, 0.6) is 0 Å². The van der Waals surface area contributed by atoms with Crippen molar-refractivity contribution in [1.82, 2.24) is 9.78 Å². The summed E-state index contributed by atoms with van der Waals surface area (Å²) < 4.78 is 6.39. The minimum absolute atomic E-state index is 0.262. The second-order valence-corrected chi connectivity index (χ2v) is 5.37. The first-order valence-corrected chi connectivity index (χ1v) is 7.21. The average molecular weight is 292 g/mol. The van der Waals surface area contributed by atoms with E-state index in [0.29, 0.717) is 12.1 Å². The summed E-state index contributed by atoms with van der Waals surface area (Å²) in [6, 6.07) is 3.98. The molecule has 2 heterocycles. The van der Waals surface area contributed by atoms with Gasteiger partial charge in [-0.25, -0.2) is 0 Å². The van der Waals surface area contributed by atoms with Crippen molar-refractivity contribution in [1.29, 1.82) is 0 Å². The third-order valence-corrected chi connectivity index (χ3v) is 3.60. The highest BCUT2D eigenvalue weighted by atomic mass is 32.1. The molecule has 0 bridgehead atoms. The van der Waals surface area contributed by atoms with E-state index < -0.39 is 5.97 Å². The van der Waals surface area contributed by atoms with Crippen LogP contribution < -0.4 is 0 Å². The highest BCUT2D eigenvalue weighted by Crippen LogP contribution is 2.18. The lowest BCUT2D eigenvalue weighted by Gasteiger charge is -2.01. The molecule has 2 aromatic rings. The molecule has 0 aromatic carbocycles. The Bertz CT molecular complexity index is 602. The molecule has 0 N–H and O–H groups in total. The summed E-state index contributed by atoms with van der Waals surface area (Å²) in [6.45, 7) is 1.99. The van der Waals surface area contributed by atoms with E-state index in [-0.39, 0.29) is 18.8 Å². The fourth-order valence-corrected chi connectivity index (χ4v) is 2.66. The van der Waals surface area contributed by atoms with Gasteiger partial charge in [0.15, 0.2) is 5.78 Å². The molecule has 0 spiro atoms. The van der Waals surface area contributed by atoms with E-state index in [9.17, 15) is 9.59 Å².